The van der Waals surface area contributed by atoms with Crippen molar-refractivity contribution in [2.24, 2.45) is 0 Å². The maximum Gasteiger partial charge on any atom is 0.418 e. The van der Waals surface area contributed by atoms with E-state index in [0.717, 1.165) is 12.1 Å². The van der Waals surface area contributed by atoms with Gasteiger partial charge in [0.25, 0.3) is 5.91 Å². The summed E-state index contributed by atoms with van der Waals surface area (Å²) in [7, 11) is 1.21. The number of rotatable bonds is 4. The first-order chi connectivity index (χ1) is 11.6. The third-order valence-corrected chi connectivity index (χ3v) is 3.41. The molecular formula is C15H10ClF3N2O4. The molecule has 132 valence electrons. The van der Waals surface area contributed by atoms with Crippen molar-refractivity contribution in [2.75, 3.05) is 12.4 Å². The zero-order valence-corrected chi connectivity index (χ0v) is 13.3. The molecule has 0 saturated carbocycles. The average molecular weight is 375 g/mol. The summed E-state index contributed by atoms with van der Waals surface area (Å²) >= 11 is 5.56. The Morgan fingerprint density at radius 2 is 1.92 bits per heavy atom. The van der Waals surface area contributed by atoms with Gasteiger partial charge in [0.1, 0.15) is 0 Å². The summed E-state index contributed by atoms with van der Waals surface area (Å²) in [5, 5.41) is 12.9. The van der Waals surface area contributed by atoms with Crippen LogP contribution in [0.15, 0.2) is 36.4 Å². The number of ether oxygens (including phenoxy) is 1. The van der Waals surface area contributed by atoms with Crippen molar-refractivity contribution in [3.8, 4) is 5.75 Å². The maximum atomic E-state index is 13.0. The number of carbonyl (C=O) groups excluding carboxylic acids is 1. The van der Waals surface area contributed by atoms with Crippen molar-refractivity contribution in [2.45, 2.75) is 6.18 Å². The van der Waals surface area contributed by atoms with Crippen LogP contribution >= 0.6 is 11.6 Å². The van der Waals surface area contributed by atoms with Gasteiger partial charge in [0.15, 0.2) is 5.75 Å². The molecular weight excluding hydrogens is 365 g/mol. The lowest BCUT2D eigenvalue weighted by Gasteiger charge is -2.14. The number of carbonyl (C=O) groups is 1. The van der Waals surface area contributed by atoms with Crippen LogP contribution < -0.4 is 10.1 Å². The van der Waals surface area contributed by atoms with E-state index in [1.54, 1.807) is 0 Å². The molecule has 0 spiro atoms. The molecule has 0 atom stereocenters. The van der Waals surface area contributed by atoms with Crippen molar-refractivity contribution in [3.05, 3.63) is 62.7 Å². The average Bonchev–Trinajstić information content (AvgIpc) is 2.54. The van der Waals surface area contributed by atoms with Gasteiger partial charge in [-0.15, -0.1) is 0 Å². The number of halogens is 4. The highest BCUT2D eigenvalue weighted by Crippen LogP contribution is 2.37. The Balaban J connectivity index is 2.38. The standard InChI is InChI=1S/C15H10ClF3N2O4/c1-25-13-5-2-8(6-12(13)21(23)24)14(22)20-11-4-3-9(16)7-10(11)15(17,18)19/h2-7H,1H3,(H,20,22). The lowest BCUT2D eigenvalue weighted by Crippen LogP contribution is -2.17. The van der Waals surface area contributed by atoms with Gasteiger partial charge in [-0.05, 0) is 30.3 Å². The van der Waals surface area contributed by atoms with Gasteiger partial charge >= 0.3 is 11.9 Å². The predicted molar refractivity (Wildman–Crippen MR) is 84.1 cm³/mol. The van der Waals surface area contributed by atoms with E-state index < -0.39 is 33.9 Å². The van der Waals surface area contributed by atoms with Gasteiger partial charge in [0.05, 0.1) is 23.3 Å². The van der Waals surface area contributed by atoms with Gasteiger partial charge in [-0.1, -0.05) is 11.6 Å². The zero-order valence-electron chi connectivity index (χ0n) is 12.6. The van der Waals surface area contributed by atoms with Gasteiger partial charge in [-0.25, -0.2) is 0 Å². The summed E-state index contributed by atoms with van der Waals surface area (Å²) in [5.41, 5.74) is -2.32. The number of hydrogen-bond acceptors (Lipinski definition) is 4. The molecule has 0 radical (unpaired) electrons. The number of hydrogen-bond donors (Lipinski definition) is 1. The van der Waals surface area contributed by atoms with E-state index in [0.29, 0.717) is 6.07 Å². The quantitative estimate of drug-likeness (QED) is 0.629. The first-order valence-corrected chi connectivity index (χ1v) is 7.02. The Kier molecular flexibility index (Phi) is 5.17. The Labute approximate surface area is 144 Å². The summed E-state index contributed by atoms with van der Waals surface area (Å²) in [6, 6.07) is 6.15. The second kappa shape index (κ2) is 6.98. The largest absolute Gasteiger partial charge is 0.490 e. The number of anilines is 1. The predicted octanol–water partition coefficient (Wildman–Crippen LogP) is 4.53. The van der Waals surface area contributed by atoms with Crippen LogP contribution in [0.3, 0.4) is 0 Å². The van der Waals surface area contributed by atoms with Crippen LogP contribution in [-0.2, 0) is 6.18 Å². The number of alkyl halides is 3. The van der Waals surface area contributed by atoms with E-state index in [-0.39, 0.29) is 16.3 Å². The summed E-state index contributed by atoms with van der Waals surface area (Å²) in [5.74, 6) is -1.03. The minimum Gasteiger partial charge on any atom is -0.490 e. The lowest BCUT2D eigenvalue weighted by molar-refractivity contribution is -0.385. The second-order valence-electron chi connectivity index (χ2n) is 4.79. The van der Waals surface area contributed by atoms with Crippen molar-refractivity contribution < 1.29 is 27.6 Å². The lowest BCUT2D eigenvalue weighted by atomic mass is 10.1. The van der Waals surface area contributed by atoms with Gasteiger partial charge in [-0.3, -0.25) is 14.9 Å². The third kappa shape index (κ3) is 4.18. The van der Waals surface area contributed by atoms with Crippen LogP contribution in [-0.4, -0.2) is 17.9 Å². The van der Waals surface area contributed by atoms with E-state index in [2.05, 4.69) is 5.32 Å². The summed E-state index contributed by atoms with van der Waals surface area (Å²) in [6.07, 6.45) is -4.74. The molecule has 0 fully saturated rings. The van der Waals surface area contributed by atoms with Gasteiger partial charge < -0.3 is 10.1 Å². The highest BCUT2D eigenvalue weighted by Gasteiger charge is 2.34. The molecule has 0 aromatic heterocycles. The smallest absolute Gasteiger partial charge is 0.418 e. The molecule has 2 aromatic carbocycles. The Morgan fingerprint density at radius 1 is 1.24 bits per heavy atom. The maximum absolute atomic E-state index is 13.0. The minimum atomic E-state index is -4.74. The fourth-order valence-electron chi connectivity index (χ4n) is 2.03. The van der Waals surface area contributed by atoms with Crippen LogP contribution in [0.4, 0.5) is 24.5 Å². The number of amides is 1. The molecule has 2 rings (SSSR count). The Morgan fingerprint density at radius 3 is 2.48 bits per heavy atom. The molecule has 6 nitrogen and oxygen atoms in total. The van der Waals surface area contributed by atoms with Crippen molar-refractivity contribution in [1.82, 2.24) is 0 Å². The van der Waals surface area contributed by atoms with E-state index in [1.165, 1.54) is 25.3 Å². The Bertz CT molecular complexity index is 840. The van der Waals surface area contributed by atoms with E-state index in [9.17, 15) is 28.1 Å². The highest BCUT2D eigenvalue weighted by atomic mass is 35.5. The fraction of sp³-hybridized carbons (Fsp3) is 0.133. The molecule has 0 heterocycles. The first-order valence-electron chi connectivity index (χ1n) is 6.64. The minimum absolute atomic E-state index is 0.0796. The number of nitro groups is 1. The van der Waals surface area contributed by atoms with E-state index in [1.807, 2.05) is 0 Å². The monoisotopic (exact) mass is 374 g/mol. The summed E-state index contributed by atoms with van der Waals surface area (Å²) in [4.78, 5) is 22.4. The van der Waals surface area contributed by atoms with Crippen LogP contribution in [0.1, 0.15) is 15.9 Å². The topological polar surface area (TPSA) is 81.5 Å². The molecule has 1 amide bonds. The molecule has 25 heavy (non-hydrogen) atoms. The SMILES string of the molecule is COc1ccc(C(=O)Nc2ccc(Cl)cc2C(F)(F)F)cc1[N+](=O)[O-]. The summed E-state index contributed by atoms with van der Waals surface area (Å²) < 4.78 is 43.9. The molecule has 2 aromatic rings. The van der Waals surface area contributed by atoms with Gasteiger partial charge in [-0.2, -0.15) is 13.2 Å². The van der Waals surface area contributed by atoms with Crippen molar-refractivity contribution in [1.29, 1.82) is 0 Å². The molecule has 0 aliphatic heterocycles. The third-order valence-electron chi connectivity index (χ3n) is 3.17. The van der Waals surface area contributed by atoms with E-state index >= 15 is 0 Å². The number of methoxy groups -OCH3 is 1. The number of nitrogens with one attached hydrogen (secondary N) is 1. The first kappa shape index (κ1) is 18.5. The van der Waals surface area contributed by atoms with Gasteiger partial charge in [0, 0.05) is 16.7 Å². The second-order valence-corrected chi connectivity index (χ2v) is 5.22. The van der Waals surface area contributed by atoms with E-state index in [4.69, 9.17) is 16.3 Å². The molecule has 0 unspecified atom stereocenters. The molecule has 0 aliphatic carbocycles. The van der Waals surface area contributed by atoms with Crippen LogP contribution in [0.5, 0.6) is 5.75 Å². The molecule has 0 bridgehead atoms. The van der Waals surface area contributed by atoms with Crippen LogP contribution in [0, 0.1) is 10.1 Å². The molecule has 0 aliphatic rings. The normalized spacial score (nSPS) is 11.1. The van der Waals surface area contributed by atoms with Crippen molar-refractivity contribution >= 4 is 28.9 Å². The molecule has 1 N–H and O–H groups in total. The molecule has 10 heteroatoms. The number of benzene rings is 2. The van der Waals surface area contributed by atoms with Crippen molar-refractivity contribution in [3.63, 3.8) is 0 Å². The van der Waals surface area contributed by atoms with Crippen LogP contribution in [0.25, 0.3) is 0 Å². The summed E-state index contributed by atoms with van der Waals surface area (Å²) in [6.45, 7) is 0. The zero-order chi connectivity index (χ0) is 18.8. The molecule has 0 saturated heterocycles. The number of nitro benzene ring substituents is 1. The highest BCUT2D eigenvalue weighted by molar-refractivity contribution is 6.30. The van der Waals surface area contributed by atoms with Gasteiger partial charge in [0.2, 0.25) is 0 Å². The van der Waals surface area contributed by atoms with Crippen LogP contribution in [0.2, 0.25) is 5.02 Å². The fourth-order valence-corrected chi connectivity index (χ4v) is 2.20. The number of nitrogens with zero attached hydrogens (tertiary/aromatic N) is 1. The Hall–Kier alpha value is -2.81.